The molecule has 0 spiro atoms. The summed E-state index contributed by atoms with van der Waals surface area (Å²) < 4.78 is 50.9. The van der Waals surface area contributed by atoms with Crippen molar-refractivity contribution in [1.82, 2.24) is 0 Å². The van der Waals surface area contributed by atoms with Crippen LogP contribution in [0.25, 0.3) is 0 Å². The quantitative estimate of drug-likeness (QED) is 0.532. The molecule has 92 valence electrons. The molecule has 0 aliphatic heterocycles. The highest BCUT2D eigenvalue weighted by molar-refractivity contribution is 5.43. The average Bonchev–Trinajstić information content (AvgIpc) is 2.96. The lowest BCUT2D eigenvalue weighted by Gasteiger charge is -2.17. The number of alkyl halides is 3. The van der Waals surface area contributed by atoms with Crippen molar-refractivity contribution in [3.05, 3.63) is 47.3 Å². The lowest BCUT2D eigenvalue weighted by atomic mass is 9.88. The molecule has 0 unspecified atom stereocenters. The molecule has 0 atom stereocenters. The summed E-state index contributed by atoms with van der Waals surface area (Å²) >= 11 is 0. The summed E-state index contributed by atoms with van der Waals surface area (Å²) in [6.07, 6.45) is -2.99. The molecule has 1 aliphatic carbocycles. The zero-order chi connectivity index (χ0) is 12.8. The molecule has 0 amide bonds. The van der Waals surface area contributed by atoms with Crippen molar-refractivity contribution in [2.45, 2.75) is 31.4 Å². The van der Waals surface area contributed by atoms with E-state index < -0.39 is 23.0 Å². The van der Waals surface area contributed by atoms with Gasteiger partial charge in [0.2, 0.25) is 0 Å². The van der Waals surface area contributed by atoms with Crippen molar-refractivity contribution in [2.75, 3.05) is 0 Å². The van der Waals surface area contributed by atoms with Crippen LogP contribution in [0.3, 0.4) is 0 Å². The first kappa shape index (κ1) is 12.1. The summed E-state index contributed by atoms with van der Waals surface area (Å²) in [6.45, 7) is 5.57. The molecule has 1 fully saturated rings. The third-order valence-corrected chi connectivity index (χ3v) is 3.38. The fourth-order valence-corrected chi connectivity index (χ4v) is 2.13. The maximum absolute atomic E-state index is 13.7. The van der Waals surface area contributed by atoms with E-state index in [0.29, 0.717) is 11.6 Å². The molecule has 0 N–H and O–H groups in total. The van der Waals surface area contributed by atoms with Crippen LogP contribution in [-0.4, -0.2) is 0 Å². The molecule has 0 heterocycles. The van der Waals surface area contributed by atoms with E-state index in [-0.39, 0.29) is 0 Å². The van der Waals surface area contributed by atoms with Gasteiger partial charge in [0, 0.05) is 5.41 Å². The van der Waals surface area contributed by atoms with Gasteiger partial charge in [-0.15, -0.1) is 0 Å². The standard InChI is InChI=1S/C13H12F4/c1-8(2)12(5-6-12)10-4-3-9(7-11(10)14)13(15,16)17/h3-4,7H,1,5-6H2,2H3. The van der Waals surface area contributed by atoms with Gasteiger partial charge >= 0.3 is 6.18 Å². The number of benzene rings is 1. The lowest BCUT2D eigenvalue weighted by molar-refractivity contribution is -0.137. The van der Waals surface area contributed by atoms with E-state index in [1.807, 2.05) is 0 Å². The summed E-state index contributed by atoms with van der Waals surface area (Å²) in [5.41, 5.74) is -0.251. The average molecular weight is 244 g/mol. The molecule has 0 bridgehead atoms. The zero-order valence-electron chi connectivity index (χ0n) is 9.37. The van der Waals surface area contributed by atoms with Crippen LogP contribution >= 0.6 is 0 Å². The molecule has 1 aromatic rings. The fraction of sp³-hybridized carbons (Fsp3) is 0.385. The predicted molar refractivity (Wildman–Crippen MR) is 57.1 cm³/mol. The van der Waals surface area contributed by atoms with E-state index >= 15 is 0 Å². The van der Waals surface area contributed by atoms with Gasteiger partial charge in [0.25, 0.3) is 0 Å². The SMILES string of the molecule is C=C(C)C1(c2ccc(C(F)(F)F)cc2F)CC1. The maximum Gasteiger partial charge on any atom is 0.416 e. The normalized spacial score (nSPS) is 17.9. The highest BCUT2D eigenvalue weighted by Crippen LogP contribution is 2.54. The third-order valence-electron chi connectivity index (χ3n) is 3.38. The molecule has 2 rings (SSSR count). The van der Waals surface area contributed by atoms with E-state index in [1.165, 1.54) is 6.07 Å². The largest absolute Gasteiger partial charge is 0.416 e. The Bertz CT molecular complexity index is 467. The van der Waals surface area contributed by atoms with Gasteiger partial charge < -0.3 is 0 Å². The summed E-state index contributed by atoms with van der Waals surface area (Å²) in [5, 5.41) is 0. The molecule has 1 saturated carbocycles. The highest BCUT2D eigenvalue weighted by Gasteiger charge is 2.47. The monoisotopic (exact) mass is 244 g/mol. The predicted octanol–water partition coefficient (Wildman–Crippen LogP) is 4.45. The zero-order valence-corrected chi connectivity index (χ0v) is 9.37. The first-order valence-corrected chi connectivity index (χ1v) is 5.30. The first-order chi connectivity index (χ1) is 7.77. The summed E-state index contributed by atoms with van der Waals surface area (Å²) in [6, 6.07) is 2.74. The van der Waals surface area contributed by atoms with Gasteiger partial charge in [-0.3, -0.25) is 0 Å². The lowest BCUT2D eigenvalue weighted by Crippen LogP contribution is -2.12. The second-order valence-electron chi connectivity index (χ2n) is 4.55. The maximum atomic E-state index is 13.7. The summed E-state index contributed by atoms with van der Waals surface area (Å²) in [5.74, 6) is -0.791. The van der Waals surface area contributed by atoms with Crippen LogP contribution in [0.15, 0.2) is 30.4 Å². The minimum absolute atomic E-state index is 0.331. The number of allylic oxidation sites excluding steroid dienone is 1. The van der Waals surface area contributed by atoms with Crippen LogP contribution in [0.2, 0.25) is 0 Å². The Morgan fingerprint density at radius 1 is 1.29 bits per heavy atom. The Labute approximate surface area is 97.0 Å². The Kier molecular flexibility index (Phi) is 2.56. The van der Waals surface area contributed by atoms with Crippen molar-refractivity contribution in [1.29, 1.82) is 0 Å². The Balaban J connectivity index is 2.43. The van der Waals surface area contributed by atoms with Gasteiger partial charge in [0.15, 0.2) is 0 Å². The Morgan fingerprint density at radius 2 is 1.88 bits per heavy atom. The van der Waals surface area contributed by atoms with Crippen molar-refractivity contribution < 1.29 is 17.6 Å². The third kappa shape index (κ3) is 1.96. The van der Waals surface area contributed by atoms with Crippen LogP contribution < -0.4 is 0 Å². The topological polar surface area (TPSA) is 0 Å². The van der Waals surface area contributed by atoms with Gasteiger partial charge in [0.1, 0.15) is 5.82 Å². The number of hydrogen-bond donors (Lipinski definition) is 0. The molecule has 0 saturated heterocycles. The minimum atomic E-state index is -4.50. The minimum Gasteiger partial charge on any atom is -0.207 e. The van der Waals surface area contributed by atoms with Crippen LogP contribution in [0.5, 0.6) is 0 Å². The van der Waals surface area contributed by atoms with Crippen molar-refractivity contribution >= 4 is 0 Å². The fourth-order valence-electron chi connectivity index (χ4n) is 2.13. The van der Waals surface area contributed by atoms with Crippen molar-refractivity contribution in [2.24, 2.45) is 0 Å². The number of rotatable bonds is 2. The summed E-state index contributed by atoms with van der Waals surface area (Å²) in [4.78, 5) is 0. The van der Waals surface area contributed by atoms with E-state index in [9.17, 15) is 17.6 Å². The van der Waals surface area contributed by atoms with E-state index in [0.717, 1.165) is 24.5 Å². The molecule has 17 heavy (non-hydrogen) atoms. The molecule has 4 heteroatoms. The second kappa shape index (κ2) is 3.59. The molecule has 1 aromatic carbocycles. The van der Waals surface area contributed by atoms with Gasteiger partial charge in [-0.05, 0) is 37.5 Å². The van der Waals surface area contributed by atoms with Crippen LogP contribution in [0, 0.1) is 5.82 Å². The van der Waals surface area contributed by atoms with E-state index in [4.69, 9.17) is 0 Å². The van der Waals surface area contributed by atoms with Gasteiger partial charge in [-0.2, -0.15) is 13.2 Å². The number of halogens is 4. The van der Waals surface area contributed by atoms with Gasteiger partial charge in [-0.25, -0.2) is 4.39 Å². The highest BCUT2D eigenvalue weighted by atomic mass is 19.4. The van der Waals surface area contributed by atoms with Gasteiger partial charge in [-0.1, -0.05) is 18.2 Å². The summed E-state index contributed by atoms with van der Waals surface area (Å²) in [7, 11) is 0. The van der Waals surface area contributed by atoms with Crippen molar-refractivity contribution in [3.8, 4) is 0 Å². The van der Waals surface area contributed by atoms with Gasteiger partial charge in [0.05, 0.1) is 5.56 Å². The molecular weight excluding hydrogens is 232 g/mol. The molecular formula is C13H12F4. The molecule has 0 nitrogen and oxygen atoms in total. The van der Waals surface area contributed by atoms with E-state index in [1.54, 1.807) is 6.92 Å². The Hall–Kier alpha value is -1.32. The Morgan fingerprint density at radius 3 is 2.24 bits per heavy atom. The molecule has 0 aromatic heterocycles. The van der Waals surface area contributed by atoms with Crippen LogP contribution in [-0.2, 0) is 11.6 Å². The van der Waals surface area contributed by atoms with Crippen molar-refractivity contribution in [3.63, 3.8) is 0 Å². The first-order valence-electron chi connectivity index (χ1n) is 5.30. The molecule has 1 aliphatic rings. The van der Waals surface area contributed by atoms with Crippen LogP contribution in [0.4, 0.5) is 17.6 Å². The number of hydrogen-bond acceptors (Lipinski definition) is 0. The second-order valence-corrected chi connectivity index (χ2v) is 4.55. The smallest absolute Gasteiger partial charge is 0.207 e. The van der Waals surface area contributed by atoms with E-state index in [2.05, 4.69) is 6.58 Å². The molecule has 0 radical (unpaired) electrons. The van der Waals surface area contributed by atoms with Crippen LogP contribution in [0.1, 0.15) is 30.9 Å².